The fraction of sp³-hybridized carbons (Fsp3) is 0.696. The van der Waals surface area contributed by atoms with Gasteiger partial charge in [0.15, 0.2) is 0 Å². The van der Waals surface area contributed by atoms with E-state index in [9.17, 15) is 4.79 Å². The highest BCUT2D eigenvalue weighted by atomic mass is 16.2. The Hall–Kier alpha value is -1.51. The van der Waals surface area contributed by atoms with Crippen LogP contribution in [0.25, 0.3) is 0 Å². The molecule has 0 bridgehead atoms. The van der Waals surface area contributed by atoms with Crippen LogP contribution in [-0.2, 0) is 0 Å². The van der Waals surface area contributed by atoms with Crippen LogP contribution in [0.1, 0.15) is 81.5 Å². The van der Waals surface area contributed by atoms with Crippen molar-refractivity contribution in [3.63, 3.8) is 0 Å². The molecule has 3 nitrogen and oxygen atoms in total. The number of amides is 1. The van der Waals surface area contributed by atoms with Crippen LogP contribution >= 0.6 is 0 Å². The lowest BCUT2D eigenvalue weighted by Crippen LogP contribution is -2.38. The van der Waals surface area contributed by atoms with Gasteiger partial charge in [0.25, 0.3) is 5.91 Å². The molecule has 1 saturated carbocycles. The highest BCUT2D eigenvalue weighted by Crippen LogP contribution is 2.35. The van der Waals surface area contributed by atoms with Crippen LogP contribution in [0.3, 0.4) is 0 Å². The Balaban J connectivity index is 1.36. The Morgan fingerprint density at radius 1 is 0.885 bits per heavy atom. The van der Waals surface area contributed by atoms with E-state index in [-0.39, 0.29) is 5.91 Å². The van der Waals surface area contributed by atoms with Gasteiger partial charge in [-0.25, -0.2) is 0 Å². The lowest BCUT2D eigenvalue weighted by atomic mass is 9.77. The standard InChI is InChI=1S/C23H36N2O/c1-2-3-18-4-6-19(7-5-18)8-9-20-14-16-25(17-15-20)23(26)21-10-12-22(24)13-11-21/h10-13,18-20H,2-9,14-17,24H2,1H3. The smallest absolute Gasteiger partial charge is 0.253 e. The van der Waals surface area contributed by atoms with Crippen molar-refractivity contribution in [2.75, 3.05) is 18.8 Å². The average Bonchev–Trinajstić information content (AvgIpc) is 2.68. The Kier molecular flexibility index (Phi) is 6.99. The second kappa shape index (κ2) is 9.43. The predicted octanol–water partition coefficient (Wildman–Crippen LogP) is 5.51. The molecule has 144 valence electrons. The largest absolute Gasteiger partial charge is 0.399 e. The lowest BCUT2D eigenvalue weighted by molar-refractivity contribution is 0.0682. The van der Waals surface area contributed by atoms with Crippen LogP contribution in [0.2, 0.25) is 0 Å². The van der Waals surface area contributed by atoms with E-state index in [1.165, 1.54) is 64.2 Å². The number of carbonyl (C=O) groups excluding carboxylic acids is 1. The molecular formula is C23H36N2O. The molecule has 1 aliphatic carbocycles. The number of hydrogen-bond donors (Lipinski definition) is 1. The van der Waals surface area contributed by atoms with Gasteiger partial charge in [0.1, 0.15) is 0 Å². The molecule has 1 heterocycles. The molecule has 2 fully saturated rings. The fourth-order valence-electron chi connectivity index (χ4n) is 4.92. The van der Waals surface area contributed by atoms with Crippen LogP contribution in [0.4, 0.5) is 5.69 Å². The van der Waals surface area contributed by atoms with E-state index in [1.807, 2.05) is 29.2 Å². The van der Waals surface area contributed by atoms with Crippen molar-refractivity contribution in [3.8, 4) is 0 Å². The minimum Gasteiger partial charge on any atom is -0.399 e. The molecule has 26 heavy (non-hydrogen) atoms. The summed E-state index contributed by atoms with van der Waals surface area (Å²) in [5.74, 6) is 2.97. The zero-order valence-corrected chi connectivity index (χ0v) is 16.5. The van der Waals surface area contributed by atoms with Crippen LogP contribution in [0, 0.1) is 17.8 Å². The molecule has 0 radical (unpaired) electrons. The first-order valence-electron chi connectivity index (χ1n) is 10.8. The Morgan fingerprint density at radius 2 is 1.38 bits per heavy atom. The number of anilines is 1. The molecule has 2 N–H and O–H groups in total. The van der Waals surface area contributed by atoms with Gasteiger partial charge >= 0.3 is 0 Å². The second-order valence-corrected chi connectivity index (χ2v) is 8.61. The summed E-state index contributed by atoms with van der Waals surface area (Å²) in [6.45, 7) is 4.14. The fourth-order valence-corrected chi connectivity index (χ4v) is 4.92. The number of piperidine rings is 1. The molecule has 0 atom stereocenters. The number of rotatable bonds is 6. The first-order chi connectivity index (χ1) is 12.7. The predicted molar refractivity (Wildman–Crippen MR) is 109 cm³/mol. The monoisotopic (exact) mass is 356 g/mol. The van der Waals surface area contributed by atoms with E-state index in [1.54, 1.807) is 0 Å². The number of benzene rings is 1. The van der Waals surface area contributed by atoms with Crippen LogP contribution < -0.4 is 5.73 Å². The minimum atomic E-state index is 0.165. The SMILES string of the molecule is CCCC1CCC(CCC2CCN(C(=O)c3ccc(N)cc3)CC2)CC1. The van der Waals surface area contributed by atoms with Crippen LogP contribution in [0.5, 0.6) is 0 Å². The Bertz CT molecular complexity index is 552. The summed E-state index contributed by atoms with van der Waals surface area (Å²) >= 11 is 0. The van der Waals surface area contributed by atoms with E-state index >= 15 is 0 Å². The molecule has 0 spiro atoms. The lowest BCUT2D eigenvalue weighted by Gasteiger charge is -2.34. The van der Waals surface area contributed by atoms with Crippen molar-refractivity contribution in [1.82, 2.24) is 4.90 Å². The quantitative estimate of drug-likeness (QED) is 0.683. The molecule has 2 aliphatic rings. The van der Waals surface area contributed by atoms with Crippen LogP contribution in [-0.4, -0.2) is 23.9 Å². The van der Waals surface area contributed by atoms with Gasteiger partial charge in [-0.15, -0.1) is 0 Å². The maximum Gasteiger partial charge on any atom is 0.253 e. The van der Waals surface area contributed by atoms with E-state index < -0.39 is 0 Å². The zero-order valence-electron chi connectivity index (χ0n) is 16.5. The maximum absolute atomic E-state index is 12.6. The molecule has 3 rings (SSSR count). The highest BCUT2D eigenvalue weighted by molar-refractivity contribution is 5.94. The Labute approximate surface area is 159 Å². The number of nitrogens with two attached hydrogens (primary N) is 1. The minimum absolute atomic E-state index is 0.165. The number of nitrogen functional groups attached to an aromatic ring is 1. The van der Waals surface area contributed by atoms with Gasteiger partial charge in [-0.2, -0.15) is 0 Å². The molecule has 1 aliphatic heterocycles. The van der Waals surface area contributed by atoms with Crippen molar-refractivity contribution < 1.29 is 4.79 Å². The summed E-state index contributed by atoms with van der Waals surface area (Å²) in [4.78, 5) is 14.6. The van der Waals surface area contributed by atoms with Crippen molar-refractivity contribution >= 4 is 11.6 Å². The number of hydrogen-bond acceptors (Lipinski definition) is 2. The third-order valence-electron chi connectivity index (χ3n) is 6.71. The summed E-state index contributed by atoms with van der Waals surface area (Å²) in [6.07, 6.45) is 13.8. The van der Waals surface area contributed by atoms with Crippen molar-refractivity contribution in [3.05, 3.63) is 29.8 Å². The van der Waals surface area contributed by atoms with Gasteiger partial charge in [-0.1, -0.05) is 58.3 Å². The Morgan fingerprint density at radius 3 is 1.92 bits per heavy atom. The summed E-state index contributed by atoms with van der Waals surface area (Å²) in [5.41, 5.74) is 7.19. The number of likely N-dealkylation sites (tertiary alicyclic amines) is 1. The van der Waals surface area contributed by atoms with Gasteiger partial charge in [0.05, 0.1) is 0 Å². The maximum atomic E-state index is 12.6. The number of nitrogens with zero attached hydrogens (tertiary/aromatic N) is 1. The van der Waals surface area contributed by atoms with Gasteiger partial charge in [0, 0.05) is 24.3 Å². The first-order valence-corrected chi connectivity index (χ1v) is 10.8. The van der Waals surface area contributed by atoms with E-state index in [0.717, 1.165) is 36.4 Å². The van der Waals surface area contributed by atoms with E-state index in [2.05, 4.69) is 6.92 Å². The van der Waals surface area contributed by atoms with Gasteiger partial charge in [0.2, 0.25) is 0 Å². The molecular weight excluding hydrogens is 320 g/mol. The number of carbonyl (C=O) groups is 1. The van der Waals surface area contributed by atoms with Crippen molar-refractivity contribution in [2.24, 2.45) is 17.8 Å². The molecule has 1 aromatic carbocycles. The van der Waals surface area contributed by atoms with E-state index in [4.69, 9.17) is 5.73 Å². The molecule has 1 amide bonds. The van der Waals surface area contributed by atoms with Gasteiger partial charge in [-0.3, -0.25) is 4.79 Å². The first kappa shape index (κ1) is 19.3. The van der Waals surface area contributed by atoms with Gasteiger partial charge in [-0.05, 0) is 54.9 Å². The molecule has 1 saturated heterocycles. The van der Waals surface area contributed by atoms with Crippen LogP contribution in [0.15, 0.2) is 24.3 Å². The average molecular weight is 357 g/mol. The van der Waals surface area contributed by atoms with E-state index in [0.29, 0.717) is 5.69 Å². The zero-order chi connectivity index (χ0) is 18.4. The molecule has 3 heteroatoms. The van der Waals surface area contributed by atoms with Crippen molar-refractivity contribution in [2.45, 2.75) is 71.1 Å². The topological polar surface area (TPSA) is 46.3 Å². The third-order valence-corrected chi connectivity index (χ3v) is 6.71. The second-order valence-electron chi connectivity index (χ2n) is 8.61. The van der Waals surface area contributed by atoms with Crippen molar-refractivity contribution in [1.29, 1.82) is 0 Å². The summed E-state index contributed by atoms with van der Waals surface area (Å²) < 4.78 is 0. The molecule has 0 aromatic heterocycles. The third kappa shape index (κ3) is 5.25. The molecule has 1 aromatic rings. The molecule has 0 unspecified atom stereocenters. The summed E-state index contributed by atoms with van der Waals surface area (Å²) in [7, 11) is 0. The normalized spacial score (nSPS) is 24.6. The highest BCUT2D eigenvalue weighted by Gasteiger charge is 2.25. The van der Waals surface area contributed by atoms with Gasteiger partial charge < -0.3 is 10.6 Å². The summed E-state index contributed by atoms with van der Waals surface area (Å²) in [6, 6.07) is 7.32. The summed E-state index contributed by atoms with van der Waals surface area (Å²) in [5, 5.41) is 0.